The van der Waals surface area contributed by atoms with E-state index in [0.717, 1.165) is 47.3 Å². The van der Waals surface area contributed by atoms with E-state index in [1.807, 2.05) is 0 Å². The Morgan fingerprint density at radius 1 is 0.326 bits per heavy atom. The molecule has 0 bridgehead atoms. The lowest BCUT2D eigenvalue weighted by molar-refractivity contribution is -0.290. The van der Waals surface area contributed by atoms with Gasteiger partial charge in [0.25, 0.3) is 0 Å². The van der Waals surface area contributed by atoms with Crippen LogP contribution in [0.4, 0.5) is 92.2 Å². The van der Waals surface area contributed by atoms with Gasteiger partial charge in [0.05, 0.1) is 25.9 Å². The molecular formula is C63H99AlF21P. The van der Waals surface area contributed by atoms with E-state index >= 15 is 0 Å². The Hall–Kier alpha value is -2.07. The molecule has 23 heteroatoms. The highest BCUT2D eigenvalue weighted by atomic mass is 31.1. The monoisotopic (exact) mass is 1310 g/mol. The molecule has 0 saturated carbocycles. The van der Waals surface area contributed by atoms with Crippen molar-refractivity contribution in [3.63, 3.8) is 0 Å². The summed E-state index contributed by atoms with van der Waals surface area (Å²) >= 11 is -1.85. The summed E-state index contributed by atoms with van der Waals surface area (Å²) in [5.74, 6) is -26.5. The smallest absolute Gasteiger partial charge is 0.203 e. The van der Waals surface area contributed by atoms with Crippen LogP contribution in [0.2, 0.25) is 21.1 Å². The summed E-state index contributed by atoms with van der Waals surface area (Å²) in [6.07, 6.45) is 9.60. The highest BCUT2D eigenvalue weighted by Gasteiger charge is 2.64. The molecular weight excluding hydrogens is 1210 g/mol. The zero-order chi connectivity index (χ0) is 66.9. The van der Waals surface area contributed by atoms with Crippen molar-refractivity contribution in [3.8, 4) is 11.1 Å². The second-order valence-corrected chi connectivity index (χ2v) is 32.3. The number of rotatable bonds is 36. The summed E-state index contributed by atoms with van der Waals surface area (Å²) in [4.78, 5) is 0. The minimum Gasteiger partial charge on any atom is -0.203 e. The van der Waals surface area contributed by atoms with Gasteiger partial charge in [-0.25, -0.2) is 35.1 Å². The molecule has 0 aliphatic carbocycles. The predicted octanol–water partition coefficient (Wildman–Crippen LogP) is 26.1. The lowest BCUT2D eigenvalue weighted by Gasteiger charge is -2.45. The number of benzene rings is 2. The van der Waals surface area contributed by atoms with Gasteiger partial charge in [-0.15, -0.1) is 0 Å². The molecule has 0 fully saturated rings. The Morgan fingerprint density at radius 3 is 0.814 bits per heavy atom. The zero-order valence-electron chi connectivity index (χ0n) is 52.9. The first-order valence-corrected chi connectivity index (χ1v) is 36.0. The van der Waals surface area contributed by atoms with Crippen LogP contribution in [0.15, 0.2) is 0 Å². The van der Waals surface area contributed by atoms with Gasteiger partial charge in [0.1, 0.15) is 18.6 Å². The summed E-state index contributed by atoms with van der Waals surface area (Å²) < 4.78 is 271. The molecule has 9 atom stereocenters. The maximum absolute atomic E-state index is 13.9. The van der Waals surface area contributed by atoms with E-state index in [1.54, 1.807) is 21.1 Å². The van der Waals surface area contributed by atoms with Gasteiger partial charge < -0.3 is 0 Å². The molecule has 86 heavy (non-hydrogen) atoms. The minimum atomic E-state index is -7.10. The molecule has 0 aromatic heterocycles. The lowest BCUT2D eigenvalue weighted by Crippen LogP contribution is -2.41. The van der Waals surface area contributed by atoms with E-state index in [9.17, 15) is 92.2 Å². The van der Waals surface area contributed by atoms with Crippen molar-refractivity contribution in [1.29, 1.82) is 0 Å². The maximum atomic E-state index is 13.9. The number of halogens is 21. The fourth-order valence-corrected chi connectivity index (χ4v) is 22.9. The van der Waals surface area contributed by atoms with Crippen LogP contribution in [0.3, 0.4) is 0 Å². The van der Waals surface area contributed by atoms with E-state index in [0.29, 0.717) is 0 Å². The van der Waals surface area contributed by atoms with Crippen LogP contribution in [0, 0.1) is 93.9 Å². The van der Waals surface area contributed by atoms with Gasteiger partial charge >= 0.3 is 30.1 Å². The fourth-order valence-electron chi connectivity index (χ4n) is 13.2. The average molecular weight is 1310 g/mol. The van der Waals surface area contributed by atoms with Crippen LogP contribution in [0.25, 0.3) is 11.1 Å². The normalized spacial score (nSPS) is 16.4. The van der Waals surface area contributed by atoms with Gasteiger partial charge in [-0.1, -0.05) is 235 Å². The summed E-state index contributed by atoms with van der Waals surface area (Å²) in [5, 5.41) is 6.61. The van der Waals surface area contributed by atoms with Gasteiger partial charge in [-0.05, 0) is 30.6 Å². The van der Waals surface area contributed by atoms with Gasteiger partial charge in [0.15, 0.2) is 40.7 Å². The van der Waals surface area contributed by atoms with Crippen molar-refractivity contribution in [2.45, 2.75) is 270 Å². The summed E-state index contributed by atoms with van der Waals surface area (Å²) in [5.41, 5.74) is -18.6. The van der Waals surface area contributed by atoms with E-state index in [2.05, 4.69) is 83.1 Å². The van der Waals surface area contributed by atoms with Crippen molar-refractivity contribution in [2.24, 2.45) is 47.3 Å². The molecule has 0 spiro atoms. The first kappa shape index (κ1) is 83.9. The Bertz CT molecular complexity index is 2090. The lowest BCUT2D eigenvalue weighted by atomic mass is 9.88. The minimum absolute atomic E-state index is 0.0908. The van der Waals surface area contributed by atoms with Gasteiger partial charge in [-0.3, -0.25) is 0 Å². The molecule has 0 amide bonds. The summed E-state index contributed by atoms with van der Waals surface area (Å²) in [7, 11) is -1.84. The molecule has 0 nitrogen and oxygen atoms in total. The van der Waals surface area contributed by atoms with Crippen molar-refractivity contribution >= 4 is 21.7 Å². The van der Waals surface area contributed by atoms with Crippen LogP contribution >= 0.6 is 8.58 Å². The largest absolute Gasteiger partial charge is 0.493 e. The van der Waals surface area contributed by atoms with Crippen molar-refractivity contribution < 1.29 is 92.2 Å². The third kappa shape index (κ3) is 25.9. The number of hydrogen-bond donors (Lipinski definition) is 0. The second kappa shape index (κ2) is 38.7. The Kier molecular flexibility index (Phi) is 37.8. The Labute approximate surface area is 504 Å². The topological polar surface area (TPSA) is 0 Å². The first-order valence-electron chi connectivity index (χ1n) is 31.4. The molecule has 2 rings (SSSR count). The van der Waals surface area contributed by atoms with Crippen molar-refractivity contribution in [1.82, 2.24) is 0 Å². The second-order valence-electron chi connectivity index (χ2n) is 25.0. The molecule has 2 aromatic carbocycles. The molecule has 2 aromatic rings. The Balaban J connectivity index is 0.00000151. The standard InChI is InChI=1S/C15F16.4C11H23.C4H6F5P.Al/c16-5-2(6(17)10(21)12(23)9(5)20)1-3(13(24,25)15(29,30)31)7(18)11(22)8(19)4(1)14(26,27)28;4*1-5-7-11(6-2)9-8-10(3)4;1-2-10-4(8,9)3(5,6)7;/h;4*10-11H,3,5-9H2,1-2,4H3;10H,2H2,1H3;/q;;;;;;-1/p+1. The van der Waals surface area contributed by atoms with Crippen LogP contribution < -0.4 is 0 Å². The molecule has 506 valence electrons. The van der Waals surface area contributed by atoms with Crippen LogP contribution in [0.1, 0.15) is 230 Å². The third-order valence-electron chi connectivity index (χ3n) is 17.6. The fraction of sp³-hybridized carbons (Fsp3) is 0.810. The highest BCUT2D eigenvalue weighted by molar-refractivity contribution is 7.39. The average Bonchev–Trinajstić information content (AvgIpc) is 1.07. The van der Waals surface area contributed by atoms with Crippen LogP contribution in [-0.4, -0.2) is 37.3 Å². The first-order chi connectivity index (χ1) is 39.6. The van der Waals surface area contributed by atoms with E-state index < -0.39 is 121 Å². The third-order valence-corrected chi connectivity index (χ3v) is 26.0. The molecule has 0 radical (unpaired) electrons. The van der Waals surface area contributed by atoms with Crippen molar-refractivity contribution in [3.05, 3.63) is 57.7 Å². The van der Waals surface area contributed by atoms with E-state index in [-0.39, 0.29) is 6.16 Å². The number of hydrogen-bond acceptors (Lipinski definition) is 0. The molecule has 9 unspecified atom stereocenters. The van der Waals surface area contributed by atoms with Gasteiger partial charge in [-0.2, -0.15) is 78.2 Å². The zero-order valence-corrected chi connectivity index (χ0v) is 55.2. The van der Waals surface area contributed by atoms with Crippen LogP contribution in [-0.2, 0) is 12.1 Å². The molecule has 0 aliphatic rings. The van der Waals surface area contributed by atoms with E-state index in [4.69, 9.17) is 0 Å². The molecule has 0 heterocycles. The Morgan fingerprint density at radius 2 is 0.593 bits per heavy atom. The van der Waals surface area contributed by atoms with Gasteiger partial charge in [0, 0.05) is 5.56 Å². The molecule has 0 saturated heterocycles. The predicted molar refractivity (Wildman–Crippen MR) is 311 cm³/mol. The van der Waals surface area contributed by atoms with Crippen LogP contribution in [0.5, 0.6) is 0 Å². The summed E-state index contributed by atoms with van der Waals surface area (Å²) in [6.45, 7) is 31.5. The number of alkyl halides is 13. The van der Waals surface area contributed by atoms with E-state index in [1.165, 1.54) is 135 Å². The SMILES string of the molecule is CCCC(CC)CCC(C)[CH2][Al-]([CH2]C(C)CCC(CC)CCC)([CH2]C(C)CCC(CC)CCC)[CH2]C(C)CCC(CC)CCC.CC[PH2+]C(F)(F)C(F)(F)F.Fc1c(F)c(F)c(-c2c(C(F)(F)F)c(F)c(F)c(F)c2C(F)(F)C(F)(F)F)c(F)c1F. The highest BCUT2D eigenvalue weighted by Crippen LogP contribution is 2.54. The maximum Gasteiger partial charge on any atom is 0.493 e. The molecule has 0 N–H and O–H groups in total. The van der Waals surface area contributed by atoms with Crippen molar-refractivity contribution in [2.75, 3.05) is 6.16 Å². The summed E-state index contributed by atoms with van der Waals surface area (Å²) in [6, 6.07) is 0. The molecule has 0 aliphatic heterocycles. The van der Waals surface area contributed by atoms with Gasteiger partial charge in [0.2, 0.25) is 5.82 Å². The quantitative estimate of drug-likeness (QED) is 0.0210.